The number of thioether (sulfide) groups is 1. The third kappa shape index (κ3) is 12.8. The number of nitrogens with one attached hydrogen (secondary N) is 2. The standard InChI is InChI=1S/C29H25N11O8S2.4Na/c1-29(2,3)19-18(35-36-27-37-38-28(49-4)50-27)11-40(39-19)26-33-24(30-16-7-12(20(41)42)5-13(8-16)21(43)44)32-25(34-26)31-17-9-14(22(45)46)6-15(10-17)23(47)48;;;;/h5-11H,1-4H3,(H,41,42)(H,43,44)(H,45,46)(H,47,48)(H2,30,31,32,33,34);;;;/q;4*+1/p-4. The van der Waals surface area contributed by atoms with Gasteiger partial charge in [-0.05, 0) is 64.9 Å². The molecule has 0 fully saturated rings. The van der Waals surface area contributed by atoms with Crippen LogP contribution in [0.5, 0.6) is 0 Å². The molecule has 19 nitrogen and oxygen atoms in total. The molecule has 2 aromatic carbocycles. The summed E-state index contributed by atoms with van der Waals surface area (Å²) in [5, 5.41) is 73.1. The number of hydrogen-bond donors (Lipinski definition) is 2. The van der Waals surface area contributed by atoms with Crippen molar-refractivity contribution >= 4 is 81.1 Å². The van der Waals surface area contributed by atoms with Gasteiger partial charge in [0.1, 0.15) is 5.69 Å². The number of rotatable bonds is 12. The topological polar surface area (TPSA) is 292 Å². The summed E-state index contributed by atoms with van der Waals surface area (Å²) in [6.45, 7) is 5.63. The van der Waals surface area contributed by atoms with Crippen LogP contribution in [0.3, 0.4) is 0 Å². The monoisotopic (exact) mass is 807 g/mol. The van der Waals surface area contributed by atoms with Crippen molar-refractivity contribution in [3.63, 3.8) is 0 Å². The number of anilines is 4. The molecule has 2 N–H and O–H groups in total. The molecule has 0 radical (unpaired) electrons. The van der Waals surface area contributed by atoms with Crippen molar-refractivity contribution in [1.82, 2.24) is 34.9 Å². The van der Waals surface area contributed by atoms with E-state index in [9.17, 15) is 39.6 Å². The Morgan fingerprint density at radius 2 is 1.15 bits per heavy atom. The summed E-state index contributed by atoms with van der Waals surface area (Å²) in [6, 6.07) is 5.94. The minimum absolute atomic E-state index is 0. The number of carbonyl (C=O) groups excluding carboxylic acids is 4. The van der Waals surface area contributed by atoms with Gasteiger partial charge >= 0.3 is 118 Å². The Kier molecular flexibility index (Phi) is 19.5. The number of nitrogens with zero attached hydrogens (tertiary/aromatic N) is 9. The summed E-state index contributed by atoms with van der Waals surface area (Å²) in [5.74, 6) is -7.43. The maximum Gasteiger partial charge on any atom is 1.00 e. The molecule has 256 valence electrons. The van der Waals surface area contributed by atoms with Gasteiger partial charge in [0.2, 0.25) is 11.9 Å². The second-order valence-electron chi connectivity index (χ2n) is 11.1. The number of aromatic nitrogens is 7. The van der Waals surface area contributed by atoms with Crippen molar-refractivity contribution in [2.24, 2.45) is 10.2 Å². The van der Waals surface area contributed by atoms with E-state index in [2.05, 4.69) is 51.1 Å². The molecule has 0 bridgehead atoms. The number of hydrogen-bond acceptors (Lipinski definition) is 20. The molecule has 0 saturated heterocycles. The van der Waals surface area contributed by atoms with Gasteiger partial charge in [-0.2, -0.15) is 20.1 Å². The maximum absolute atomic E-state index is 11.6. The summed E-state index contributed by atoms with van der Waals surface area (Å²) in [6.07, 6.45) is 3.30. The molecule has 0 saturated carbocycles. The second-order valence-corrected chi connectivity index (χ2v) is 13.1. The average Bonchev–Trinajstić information content (AvgIpc) is 3.71. The summed E-state index contributed by atoms with van der Waals surface area (Å²) >= 11 is 2.62. The van der Waals surface area contributed by atoms with Crippen LogP contribution in [0.2, 0.25) is 0 Å². The van der Waals surface area contributed by atoms with E-state index in [4.69, 9.17) is 0 Å². The Bertz CT molecular complexity index is 2050. The van der Waals surface area contributed by atoms with Gasteiger partial charge in [0.15, 0.2) is 4.34 Å². The molecular weight excluding hydrogens is 786 g/mol. The Hall–Kier alpha value is -2.35. The molecule has 5 rings (SSSR count). The van der Waals surface area contributed by atoms with Gasteiger partial charge in [-0.3, -0.25) is 0 Å². The zero-order chi connectivity index (χ0) is 36.3. The Balaban J connectivity index is 0.00000364. The normalized spacial score (nSPS) is 10.6. The minimum Gasteiger partial charge on any atom is -0.545 e. The number of carboxylic acid groups (broad SMARTS) is 4. The smallest absolute Gasteiger partial charge is 0.545 e. The van der Waals surface area contributed by atoms with Crippen molar-refractivity contribution in [3.8, 4) is 5.95 Å². The Labute approximate surface area is 402 Å². The van der Waals surface area contributed by atoms with Crippen LogP contribution in [0.4, 0.5) is 34.1 Å². The largest absolute Gasteiger partial charge is 1.00 e. The van der Waals surface area contributed by atoms with Crippen LogP contribution in [0, 0.1) is 0 Å². The van der Waals surface area contributed by atoms with Crippen LogP contribution in [0.1, 0.15) is 67.9 Å². The fourth-order valence-corrected chi connectivity index (χ4v) is 5.29. The van der Waals surface area contributed by atoms with Gasteiger partial charge in [0.05, 0.1) is 35.8 Å². The molecule has 54 heavy (non-hydrogen) atoms. The van der Waals surface area contributed by atoms with Gasteiger partial charge in [-0.25, -0.2) is 4.68 Å². The van der Waals surface area contributed by atoms with Crippen LogP contribution in [0.25, 0.3) is 5.95 Å². The Morgan fingerprint density at radius 1 is 0.704 bits per heavy atom. The summed E-state index contributed by atoms with van der Waals surface area (Å²) < 4.78 is 1.92. The van der Waals surface area contributed by atoms with Gasteiger partial charge in [-0.15, -0.1) is 20.4 Å². The van der Waals surface area contributed by atoms with Crippen molar-refractivity contribution < 1.29 is 158 Å². The first-order valence-electron chi connectivity index (χ1n) is 13.9. The van der Waals surface area contributed by atoms with E-state index in [1.165, 1.54) is 34.0 Å². The average molecular weight is 808 g/mol. The quantitative estimate of drug-likeness (QED) is 0.0672. The van der Waals surface area contributed by atoms with Gasteiger partial charge in [0, 0.05) is 16.8 Å². The van der Waals surface area contributed by atoms with Crippen molar-refractivity contribution in [3.05, 3.63) is 70.5 Å². The number of aromatic carboxylic acids is 4. The summed E-state index contributed by atoms with van der Waals surface area (Å²) in [5.41, 5.74) is -1.98. The summed E-state index contributed by atoms with van der Waals surface area (Å²) in [4.78, 5) is 59.2. The van der Waals surface area contributed by atoms with E-state index in [-0.39, 0.29) is 147 Å². The molecule has 0 atom stereocenters. The van der Waals surface area contributed by atoms with E-state index in [0.717, 1.165) is 36.4 Å². The molecule has 0 aliphatic rings. The van der Waals surface area contributed by atoms with E-state index < -0.39 is 51.5 Å². The van der Waals surface area contributed by atoms with E-state index >= 15 is 0 Å². The fraction of sp³-hybridized carbons (Fsp3) is 0.172. The predicted octanol–water partition coefficient (Wildman–Crippen LogP) is -11.7. The van der Waals surface area contributed by atoms with E-state index in [1.54, 1.807) is 0 Å². The molecule has 3 aromatic heterocycles. The molecule has 0 unspecified atom stereocenters. The molecule has 5 aromatic rings. The first kappa shape index (κ1) is 49.7. The minimum atomic E-state index is -1.67. The molecule has 0 aliphatic carbocycles. The predicted molar refractivity (Wildman–Crippen MR) is 168 cm³/mol. The van der Waals surface area contributed by atoms with Crippen molar-refractivity contribution in [2.45, 2.75) is 30.5 Å². The van der Waals surface area contributed by atoms with Crippen LogP contribution in [-0.4, -0.2) is 65.1 Å². The molecule has 0 amide bonds. The number of azo groups is 1. The van der Waals surface area contributed by atoms with E-state index in [1.807, 2.05) is 27.0 Å². The van der Waals surface area contributed by atoms with Crippen LogP contribution in [-0.2, 0) is 5.41 Å². The van der Waals surface area contributed by atoms with Crippen molar-refractivity contribution in [2.75, 3.05) is 16.9 Å². The third-order valence-corrected chi connectivity index (χ3v) is 8.15. The molecule has 3 heterocycles. The van der Waals surface area contributed by atoms with Crippen LogP contribution in [0.15, 0.2) is 57.2 Å². The number of carbonyl (C=O) groups is 4. The van der Waals surface area contributed by atoms with Crippen LogP contribution >= 0.6 is 23.1 Å². The zero-order valence-electron chi connectivity index (χ0n) is 30.1. The third-order valence-electron chi connectivity index (χ3n) is 6.37. The van der Waals surface area contributed by atoms with Crippen molar-refractivity contribution in [1.29, 1.82) is 0 Å². The number of benzene rings is 2. The first-order chi connectivity index (χ1) is 23.6. The van der Waals surface area contributed by atoms with Gasteiger partial charge in [0.25, 0.3) is 11.1 Å². The molecule has 25 heteroatoms. The summed E-state index contributed by atoms with van der Waals surface area (Å²) in [7, 11) is 0. The molecular formula is C29H21N11Na4O8S2. The Morgan fingerprint density at radius 3 is 1.52 bits per heavy atom. The van der Waals surface area contributed by atoms with Gasteiger partial charge in [-0.1, -0.05) is 43.9 Å². The fourth-order valence-electron chi connectivity index (χ4n) is 4.20. The number of carboxylic acids is 4. The SMILES string of the molecule is CSc1nnc(N=Nc2cn(-c3nc(Nc4cc(C(=O)[O-])cc(C(=O)[O-])c4)nc(Nc4cc(C(=O)[O-])cc(C(=O)[O-])c4)n3)nc2C(C)(C)C)s1.[Na+].[Na+].[Na+].[Na+]. The van der Waals surface area contributed by atoms with Gasteiger partial charge < -0.3 is 50.2 Å². The van der Waals surface area contributed by atoms with E-state index in [0.29, 0.717) is 20.9 Å². The maximum atomic E-state index is 11.6. The molecule has 0 aliphatic heterocycles. The molecule has 0 spiro atoms. The zero-order valence-corrected chi connectivity index (χ0v) is 39.8. The van der Waals surface area contributed by atoms with Crippen LogP contribution < -0.4 is 149 Å². The first-order valence-corrected chi connectivity index (χ1v) is 16.0. The second kappa shape index (κ2) is 21.3.